The maximum absolute atomic E-state index is 6.93. The molecule has 2 aliphatic carbocycles. The first-order chi connectivity index (χ1) is 29.6. The van der Waals surface area contributed by atoms with E-state index < -0.39 is 0 Å². The van der Waals surface area contributed by atoms with Crippen LogP contribution in [-0.4, -0.2) is 23.9 Å². The van der Waals surface area contributed by atoms with Gasteiger partial charge in [0.15, 0.2) is 0 Å². The molecule has 62 heavy (non-hydrogen) atoms. The fourth-order valence-corrected chi connectivity index (χ4v) is 11.7. The molecule has 1 atom stereocenters. The van der Waals surface area contributed by atoms with Gasteiger partial charge in [-0.25, -0.2) is 9.97 Å². The summed E-state index contributed by atoms with van der Waals surface area (Å²) < 4.78 is 18.1. The van der Waals surface area contributed by atoms with Crippen molar-refractivity contribution in [3.8, 4) is 28.6 Å². The van der Waals surface area contributed by atoms with Crippen LogP contribution in [0.5, 0.6) is 11.5 Å². The molecule has 0 aliphatic heterocycles. The smallest absolute Gasteiger partial charge is 0.503 e. The molecule has 0 amide bonds. The quantitative estimate of drug-likeness (QED) is 0.161. The van der Waals surface area contributed by atoms with Crippen LogP contribution < -0.4 is 4.74 Å². The third-order valence-corrected chi connectivity index (χ3v) is 14.5. The molecule has 5 heterocycles. The van der Waals surface area contributed by atoms with Crippen LogP contribution in [0.1, 0.15) is 82.1 Å². The van der Waals surface area contributed by atoms with Gasteiger partial charge in [-0.05, 0) is 99.1 Å². The molecule has 0 N–H and O–H groups in total. The molecule has 1 fully saturated rings. The molecule has 0 saturated heterocycles. The van der Waals surface area contributed by atoms with Crippen molar-refractivity contribution in [3.05, 3.63) is 138 Å². The molecule has 10 aromatic rings. The van der Waals surface area contributed by atoms with E-state index in [1.165, 1.54) is 43.2 Å². The van der Waals surface area contributed by atoms with E-state index >= 15 is 0 Å². The van der Waals surface area contributed by atoms with Crippen LogP contribution in [0.4, 0.5) is 0 Å². The molecule has 1 unspecified atom stereocenters. The number of aryl methyl sites for hydroxylation is 2. The zero-order valence-electron chi connectivity index (χ0n) is 35.9. The van der Waals surface area contributed by atoms with E-state index in [1.54, 1.807) is 0 Å². The van der Waals surface area contributed by atoms with Crippen LogP contribution in [0.15, 0.2) is 108 Å². The van der Waals surface area contributed by atoms with Gasteiger partial charge in [0.2, 0.25) is 5.78 Å². The first-order valence-electron chi connectivity index (χ1n) is 21.8. The minimum absolute atomic E-state index is 0. The molecule has 5 aromatic carbocycles. The van der Waals surface area contributed by atoms with Crippen molar-refractivity contribution in [2.45, 2.75) is 84.5 Å². The molecule has 1 saturated carbocycles. The number of ether oxygens (including phenoxy) is 1. The maximum Gasteiger partial charge on any atom is 2.00 e. The summed E-state index contributed by atoms with van der Waals surface area (Å²) in [6.07, 6.45) is 10.7. The minimum Gasteiger partial charge on any atom is -0.503 e. The Morgan fingerprint density at radius 1 is 0.694 bits per heavy atom. The SMILES string of the molecule is Cc1cnc(-n2c3[c-]c(Oc4[c-]c(-c5cc6c(cn5)C(C)(C)C(C5CCCCC5)C6(C)C)c5oc6c7ccccc7ccc6c5c4)ccc3n3c4ccccc4nc23)cc1C.[Pt+2]. The van der Waals surface area contributed by atoms with Crippen LogP contribution in [0.25, 0.3) is 77.6 Å². The van der Waals surface area contributed by atoms with Gasteiger partial charge >= 0.3 is 21.1 Å². The van der Waals surface area contributed by atoms with Gasteiger partial charge in [0.1, 0.15) is 11.4 Å². The number of hydrogen-bond acceptors (Lipinski definition) is 5. The van der Waals surface area contributed by atoms with Crippen LogP contribution >= 0.6 is 0 Å². The Hall–Kier alpha value is -5.78. The third-order valence-electron chi connectivity index (χ3n) is 14.5. The Kier molecular flexibility index (Phi) is 8.90. The fraction of sp³-hybridized carbons (Fsp3) is 0.278. The van der Waals surface area contributed by atoms with Crippen LogP contribution in [0.3, 0.4) is 0 Å². The van der Waals surface area contributed by atoms with Crippen molar-refractivity contribution >= 4 is 60.6 Å². The number of fused-ring (bicyclic) bond motifs is 11. The molecule has 7 nitrogen and oxygen atoms in total. The average Bonchev–Trinajstić information content (AvgIpc) is 3.96. The number of rotatable bonds is 5. The third kappa shape index (κ3) is 5.69. The summed E-state index contributed by atoms with van der Waals surface area (Å²) >= 11 is 0. The van der Waals surface area contributed by atoms with Gasteiger partial charge < -0.3 is 18.5 Å². The summed E-state index contributed by atoms with van der Waals surface area (Å²) in [7, 11) is 0. The van der Waals surface area contributed by atoms with Crippen LogP contribution in [0, 0.1) is 37.8 Å². The maximum atomic E-state index is 6.93. The Labute approximate surface area is 375 Å². The molecule has 0 spiro atoms. The average molecular weight is 993 g/mol. The van der Waals surface area contributed by atoms with E-state index in [2.05, 4.69) is 136 Å². The second kappa shape index (κ2) is 14.1. The predicted molar refractivity (Wildman–Crippen MR) is 245 cm³/mol. The van der Waals surface area contributed by atoms with Crippen LogP contribution in [0.2, 0.25) is 0 Å². The van der Waals surface area contributed by atoms with Crippen molar-refractivity contribution in [3.63, 3.8) is 0 Å². The molecular weight excluding hydrogens is 946 g/mol. The Balaban J connectivity index is 0.00000432. The summed E-state index contributed by atoms with van der Waals surface area (Å²) in [5.41, 5.74) is 12.0. The largest absolute Gasteiger partial charge is 2.00 e. The molecule has 310 valence electrons. The normalized spacial score (nSPS) is 17.4. The van der Waals surface area contributed by atoms with Gasteiger partial charge in [-0.15, -0.1) is 18.2 Å². The van der Waals surface area contributed by atoms with Gasteiger partial charge in [-0.3, -0.25) is 4.57 Å². The number of para-hydroxylation sites is 2. The number of furan rings is 1. The van der Waals surface area contributed by atoms with Crippen molar-refractivity contribution < 1.29 is 30.2 Å². The number of nitrogens with zero attached hydrogens (tertiary/aromatic N) is 5. The first kappa shape index (κ1) is 39.1. The van der Waals surface area contributed by atoms with E-state index in [1.807, 2.05) is 30.5 Å². The standard InChI is InChI=1S/C54H47N5O2.Pt/c1-31-24-48(56-29-32(31)2)59-47-27-35(21-23-46(47)58-45-19-13-12-18-43(45)57-52(58)59)60-36-25-39-38-22-20-33-14-10-11-17-37(33)49(38)61-50(39)40(26-36)44-28-41-42(30-55-44)54(5,6)51(53(41,3)4)34-15-8-7-9-16-34;/h10-14,17-25,28-30,34,51H,7-9,15-16H2,1-6H3;/q-2;+2. The number of aromatic nitrogens is 5. The molecule has 8 heteroatoms. The van der Waals surface area contributed by atoms with E-state index in [0.717, 1.165) is 88.8 Å². The van der Waals surface area contributed by atoms with Gasteiger partial charge in [-0.1, -0.05) is 137 Å². The summed E-state index contributed by atoms with van der Waals surface area (Å²) in [5.74, 6) is 3.91. The van der Waals surface area contributed by atoms with Crippen molar-refractivity contribution in [1.82, 2.24) is 23.9 Å². The van der Waals surface area contributed by atoms with Gasteiger partial charge in [0, 0.05) is 34.7 Å². The zero-order valence-corrected chi connectivity index (χ0v) is 38.1. The van der Waals surface area contributed by atoms with E-state index in [9.17, 15) is 0 Å². The molecule has 5 aromatic heterocycles. The van der Waals surface area contributed by atoms with Crippen molar-refractivity contribution in [2.24, 2.45) is 11.8 Å². The number of benzene rings is 5. The Morgan fingerprint density at radius 3 is 2.32 bits per heavy atom. The van der Waals surface area contributed by atoms with Crippen molar-refractivity contribution in [2.75, 3.05) is 0 Å². The molecular formula is C54H47N5O2Pt. The second-order valence-electron chi connectivity index (χ2n) is 18.8. The Bertz CT molecular complexity index is 3440. The first-order valence-corrected chi connectivity index (χ1v) is 21.8. The van der Waals surface area contributed by atoms with Gasteiger partial charge in [0.05, 0.1) is 16.6 Å². The fourth-order valence-electron chi connectivity index (χ4n) is 11.7. The minimum atomic E-state index is -0.0228. The second-order valence-corrected chi connectivity index (χ2v) is 18.8. The van der Waals surface area contributed by atoms with Gasteiger partial charge in [0.25, 0.3) is 0 Å². The van der Waals surface area contributed by atoms with E-state index in [0.29, 0.717) is 23.3 Å². The monoisotopic (exact) mass is 992 g/mol. The predicted octanol–water partition coefficient (Wildman–Crippen LogP) is 13.7. The molecule has 0 bridgehead atoms. The summed E-state index contributed by atoms with van der Waals surface area (Å²) in [4.78, 5) is 15.2. The van der Waals surface area contributed by atoms with Gasteiger partial charge in [-0.2, -0.15) is 0 Å². The summed E-state index contributed by atoms with van der Waals surface area (Å²) in [6.45, 7) is 14.0. The zero-order chi connectivity index (χ0) is 41.4. The summed E-state index contributed by atoms with van der Waals surface area (Å²) in [6, 6.07) is 38.9. The summed E-state index contributed by atoms with van der Waals surface area (Å²) in [5, 5.41) is 4.19. The van der Waals surface area contributed by atoms with Crippen LogP contribution in [-0.2, 0) is 31.9 Å². The Morgan fingerprint density at radius 2 is 1.48 bits per heavy atom. The molecule has 2 aliphatic rings. The number of imidazole rings is 2. The number of hydrogen-bond donors (Lipinski definition) is 0. The van der Waals surface area contributed by atoms with E-state index in [4.69, 9.17) is 24.1 Å². The number of pyridine rings is 2. The van der Waals surface area contributed by atoms with Crippen molar-refractivity contribution in [1.29, 1.82) is 0 Å². The topological polar surface area (TPSA) is 70.4 Å². The van der Waals surface area contributed by atoms with E-state index in [-0.39, 0.29) is 31.9 Å². The molecule has 12 rings (SSSR count). The molecule has 0 radical (unpaired) electrons.